The van der Waals surface area contributed by atoms with Gasteiger partial charge in [-0.3, -0.25) is 4.79 Å². The van der Waals surface area contributed by atoms with E-state index in [9.17, 15) is 15.0 Å². The lowest BCUT2D eigenvalue weighted by Gasteiger charge is -2.13. The molecule has 1 aromatic heterocycles. The summed E-state index contributed by atoms with van der Waals surface area (Å²) in [5, 5.41) is 20.7. The Kier molecular flexibility index (Phi) is 3.49. The Hall–Kier alpha value is -0.940. The lowest BCUT2D eigenvalue weighted by atomic mass is 10.1. The average molecular weight is 271 g/mol. The highest BCUT2D eigenvalue weighted by atomic mass is 35.5. The molecule has 0 aliphatic heterocycles. The number of thiophene rings is 1. The fraction of sp³-hybridized carbons (Fsp3) is 0.250. The molecule has 0 spiro atoms. The zero-order valence-corrected chi connectivity index (χ0v) is 10.6. The molecule has 0 amide bonds. The molecular weight excluding hydrogens is 260 g/mol. The van der Waals surface area contributed by atoms with Gasteiger partial charge in [0, 0.05) is 10.1 Å². The number of aliphatic hydroxyl groups is 2. The average Bonchev–Trinajstić information content (AvgIpc) is 2.65. The third-order valence-electron chi connectivity index (χ3n) is 2.54. The van der Waals surface area contributed by atoms with Gasteiger partial charge < -0.3 is 10.2 Å². The quantitative estimate of drug-likeness (QED) is 0.901. The maximum absolute atomic E-state index is 11.0. The molecule has 3 nitrogen and oxygen atoms in total. The van der Waals surface area contributed by atoms with Gasteiger partial charge >= 0.3 is 0 Å². The number of Topliss-reactive ketones (excluding diaryl/α,β-unsaturated/α-hetero) is 1. The van der Waals surface area contributed by atoms with Crippen LogP contribution in [0.25, 0.3) is 10.1 Å². The van der Waals surface area contributed by atoms with E-state index >= 15 is 0 Å². The first-order chi connectivity index (χ1) is 8.02. The van der Waals surface area contributed by atoms with Gasteiger partial charge in [-0.05, 0) is 13.0 Å². The molecule has 2 aromatic rings. The van der Waals surface area contributed by atoms with Crippen LogP contribution in [0, 0.1) is 0 Å². The number of benzene rings is 1. The first-order valence-electron chi connectivity index (χ1n) is 5.06. The predicted octanol–water partition coefficient (Wildman–Crippen LogP) is 2.54. The molecule has 5 heteroatoms. The molecule has 0 fully saturated rings. The number of rotatable bonds is 3. The minimum absolute atomic E-state index is 0.401. The van der Waals surface area contributed by atoms with Crippen molar-refractivity contribution in [3.05, 3.63) is 34.2 Å². The second kappa shape index (κ2) is 4.74. The molecule has 17 heavy (non-hydrogen) atoms. The molecular formula is C12H11ClO3S. The number of ketones is 1. The number of aliphatic hydroxyl groups excluding tert-OH is 2. The summed E-state index contributed by atoms with van der Waals surface area (Å²) in [5.74, 6) is -0.481. The first-order valence-corrected chi connectivity index (χ1v) is 6.25. The first kappa shape index (κ1) is 12.5. The van der Waals surface area contributed by atoms with Crippen molar-refractivity contribution in [3.63, 3.8) is 0 Å². The smallest absolute Gasteiger partial charge is 0.161 e. The number of fused-ring (bicyclic) bond motifs is 1. The Labute approximate surface area is 107 Å². The Morgan fingerprint density at radius 3 is 2.59 bits per heavy atom. The van der Waals surface area contributed by atoms with E-state index in [0.717, 1.165) is 10.1 Å². The minimum atomic E-state index is -1.43. The second-order valence-corrected chi connectivity index (χ2v) is 5.24. The van der Waals surface area contributed by atoms with Gasteiger partial charge in [-0.1, -0.05) is 29.8 Å². The molecule has 90 valence electrons. The summed E-state index contributed by atoms with van der Waals surface area (Å²) in [5.41, 5.74) is 0. The Morgan fingerprint density at radius 1 is 1.35 bits per heavy atom. The third kappa shape index (κ3) is 2.21. The van der Waals surface area contributed by atoms with Crippen LogP contribution in [-0.4, -0.2) is 22.1 Å². The summed E-state index contributed by atoms with van der Waals surface area (Å²) in [7, 11) is 0. The van der Waals surface area contributed by atoms with Crippen LogP contribution in [0.4, 0.5) is 0 Å². The van der Waals surface area contributed by atoms with Crippen molar-refractivity contribution >= 4 is 38.8 Å². The van der Waals surface area contributed by atoms with Gasteiger partial charge in [0.05, 0.1) is 9.90 Å². The van der Waals surface area contributed by atoms with Crippen molar-refractivity contribution in [2.24, 2.45) is 0 Å². The van der Waals surface area contributed by atoms with E-state index in [1.165, 1.54) is 18.3 Å². The van der Waals surface area contributed by atoms with Crippen molar-refractivity contribution in [3.8, 4) is 0 Å². The van der Waals surface area contributed by atoms with Crippen LogP contribution in [-0.2, 0) is 4.79 Å². The van der Waals surface area contributed by atoms with Crippen LogP contribution in [0.2, 0.25) is 5.02 Å². The summed E-state index contributed by atoms with van der Waals surface area (Å²) >= 11 is 7.41. The molecule has 0 saturated heterocycles. The molecule has 0 saturated carbocycles. The van der Waals surface area contributed by atoms with Crippen LogP contribution in [0.3, 0.4) is 0 Å². The Morgan fingerprint density at radius 2 is 2.00 bits per heavy atom. The van der Waals surface area contributed by atoms with Crippen LogP contribution in [0.15, 0.2) is 24.3 Å². The van der Waals surface area contributed by atoms with Crippen LogP contribution in [0.1, 0.15) is 17.9 Å². The van der Waals surface area contributed by atoms with Gasteiger partial charge in [0.25, 0.3) is 0 Å². The second-order valence-electron chi connectivity index (χ2n) is 3.78. The molecule has 1 heterocycles. The Bertz CT molecular complexity index is 564. The lowest BCUT2D eigenvalue weighted by Crippen LogP contribution is -2.25. The lowest BCUT2D eigenvalue weighted by molar-refractivity contribution is -0.130. The van der Waals surface area contributed by atoms with E-state index < -0.39 is 18.0 Å². The third-order valence-corrected chi connectivity index (χ3v) is 4.30. The van der Waals surface area contributed by atoms with Crippen molar-refractivity contribution in [1.82, 2.24) is 0 Å². The summed E-state index contributed by atoms with van der Waals surface area (Å²) in [6.07, 6.45) is -2.70. The fourth-order valence-electron chi connectivity index (χ4n) is 1.59. The number of carbonyl (C=O) groups is 1. The van der Waals surface area contributed by atoms with Crippen LogP contribution in [0.5, 0.6) is 0 Å². The predicted molar refractivity (Wildman–Crippen MR) is 68.5 cm³/mol. The van der Waals surface area contributed by atoms with E-state index in [0.29, 0.717) is 9.90 Å². The number of halogens is 1. The van der Waals surface area contributed by atoms with Gasteiger partial charge in [-0.25, -0.2) is 0 Å². The fourth-order valence-corrected chi connectivity index (χ4v) is 3.15. The SMILES string of the molecule is CC(=O)[C@@H](O)C(O)c1sc2ccccc2c1Cl. The maximum atomic E-state index is 11.0. The van der Waals surface area contributed by atoms with Gasteiger partial charge in [-0.2, -0.15) is 0 Å². The molecule has 2 rings (SSSR count). The van der Waals surface area contributed by atoms with E-state index in [1.54, 1.807) is 0 Å². The van der Waals surface area contributed by atoms with Gasteiger partial charge in [0.1, 0.15) is 12.2 Å². The van der Waals surface area contributed by atoms with E-state index in [-0.39, 0.29) is 0 Å². The standard InChI is InChI=1S/C12H11ClO3S/c1-6(14)10(15)11(16)12-9(13)7-4-2-3-5-8(7)17-12/h2-5,10-11,15-16H,1H3/t10-,11?/m1/s1. The highest BCUT2D eigenvalue weighted by Gasteiger charge is 2.27. The van der Waals surface area contributed by atoms with Crippen molar-refractivity contribution in [1.29, 1.82) is 0 Å². The molecule has 1 aromatic carbocycles. The Balaban J connectivity index is 2.49. The number of hydrogen-bond acceptors (Lipinski definition) is 4. The van der Waals surface area contributed by atoms with Crippen molar-refractivity contribution in [2.75, 3.05) is 0 Å². The van der Waals surface area contributed by atoms with E-state index in [4.69, 9.17) is 11.6 Å². The zero-order chi connectivity index (χ0) is 12.6. The van der Waals surface area contributed by atoms with Crippen LogP contribution >= 0.6 is 22.9 Å². The molecule has 2 N–H and O–H groups in total. The topological polar surface area (TPSA) is 57.5 Å². The molecule has 0 bridgehead atoms. The number of carbonyl (C=O) groups excluding carboxylic acids is 1. The van der Waals surface area contributed by atoms with Crippen molar-refractivity contribution < 1.29 is 15.0 Å². The molecule has 0 aliphatic carbocycles. The van der Waals surface area contributed by atoms with Gasteiger partial charge in [-0.15, -0.1) is 11.3 Å². The highest BCUT2D eigenvalue weighted by Crippen LogP contribution is 2.39. The number of hydrogen-bond donors (Lipinski definition) is 2. The summed E-state index contributed by atoms with van der Waals surface area (Å²) in [6.45, 7) is 1.23. The normalized spacial score (nSPS) is 14.8. The molecule has 0 radical (unpaired) electrons. The van der Waals surface area contributed by atoms with Crippen molar-refractivity contribution in [2.45, 2.75) is 19.1 Å². The maximum Gasteiger partial charge on any atom is 0.161 e. The van der Waals surface area contributed by atoms with Gasteiger partial charge in [0.2, 0.25) is 0 Å². The van der Waals surface area contributed by atoms with Crippen LogP contribution < -0.4 is 0 Å². The summed E-state index contributed by atoms with van der Waals surface area (Å²) in [6, 6.07) is 7.43. The van der Waals surface area contributed by atoms with E-state index in [2.05, 4.69) is 0 Å². The minimum Gasteiger partial charge on any atom is -0.384 e. The molecule has 0 aliphatic rings. The summed E-state index contributed by atoms with van der Waals surface area (Å²) in [4.78, 5) is 11.5. The van der Waals surface area contributed by atoms with E-state index in [1.807, 2.05) is 24.3 Å². The summed E-state index contributed by atoms with van der Waals surface area (Å²) < 4.78 is 0.919. The highest BCUT2D eigenvalue weighted by molar-refractivity contribution is 7.19. The zero-order valence-electron chi connectivity index (χ0n) is 9.05. The molecule has 2 atom stereocenters. The molecule has 1 unspecified atom stereocenters. The van der Waals surface area contributed by atoms with Gasteiger partial charge in [0.15, 0.2) is 5.78 Å². The monoisotopic (exact) mass is 270 g/mol. The largest absolute Gasteiger partial charge is 0.384 e.